The highest BCUT2D eigenvalue weighted by Crippen LogP contribution is 2.09. The monoisotopic (exact) mass is 215 g/mol. The lowest BCUT2D eigenvalue weighted by molar-refractivity contribution is -0.00844. The molecule has 0 rings (SSSR count). The molecule has 0 aromatic heterocycles. The molecule has 0 amide bonds. The highest BCUT2D eigenvalue weighted by Gasteiger charge is 2.10. The Kier molecular flexibility index (Phi) is 7.20. The van der Waals surface area contributed by atoms with Gasteiger partial charge in [-0.25, -0.2) is 0 Å². The Bertz CT molecular complexity index is 149. The van der Waals surface area contributed by atoms with Crippen LogP contribution in [0.3, 0.4) is 0 Å². The molecule has 2 nitrogen and oxygen atoms in total. The van der Waals surface area contributed by atoms with Gasteiger partial charge in [-0.15, -0.1) is 0 Å². The first-order chi connectivity index (χ1) is 6.81. The summed E-state index contributed by atoms with van der Waals surface area (Å²) in [6.45, 7) is 16.2. The Morgan fingerprint density at radius 1 is 1.07 bits per heavy atom. The van der Waals surface area contributed by atoms with Gasteiger partial charge in [0.2, 0.25) is 0 Å². The van der Waals surface area contributed by atoms with Gasteiger partial charge in [0, 0.05) is 6.61 Å². The van der Waals surface area contributed by atoms with E-state index in [1.54, 1.807) is 0 Å². The molecular formula is C13H29NO. The Hall–Kier alpha value is -0.0800. The van der Waals surface area contributed by atoms with E-state index in [1.807, 2.05) is 0 Å². The Morgan fingerprint density at radius 3 is 2.13 bits per heavy atom. The summed E-state index contributed by atoms with van der Waals surface area (Å²) in [7, 11) is 0. The van der Waals surface area contributed by atoms with Gasteiger partial charge >= 0.3 is 0 Å². The Balaban J connectivity index is 3.37. The molecule has 1 N–H and O–H groups in total. The number of nitrogens with one attached hydrogen (secondary N) is 1. The number of ether oxygens (including phenoxy) is 1. The summed E-state index contributed by atoms with van der Waals surface area (Å²) in [5.74, 6) is 1.44. The second-order valence-electron chi connectivity index (χ2n) is 5.91. The lowest BCUT2D eigenvalue weighted by atomic mass is 10.1. The summed E-state index contributed by atoms with van der Waals surface area (Å²) in [4.78, 5) is 0. The predicted octanol–water partition coefficient (Wildman–Crippen LogP) is 3.07. The van der Waals surface area contributed by atoms with E-state index < -0.39 is 0 Å². The maximum absolute atomic E-state index is 5.70. The molecule has 0 spiro atoms. The van der Waals surface area contributed by atoms with E-state index in [0.717, 1.165) is 32.0 Å². The maximum Gasteiger partial charge on any atom is 0.0598 e. The van der Waals surface area contributed by atoms with Gasteiger partial charge < -0.3 is 10.1 Å². The first kappa shape index (κ1) is 14.9. The molecule has 0 heterocycles. The molecule has 0 bridgehead atoms. The van der Waals surface area contributed by atoms with Crippen molar-refractivity contribution >= 4 is 0 Å². The van der Waals surface area contributed by atoms with E-state index in [4.69, 9.17) is 4.74 Å². The number of rotatable bonds is 7. The zero-order valence-electron chi connectivity index (χ0n) is 11.4. The highest BCUT2D eigenvalue weighted by molar-refractivity contribution is 4.62. The standard InChI is InChI=1S/C13H29NO/c1-11(2)9-14-10-12(3)7-8-15-13(4,5)6/h11-12,14H,7-10H2,1-6H3. The summed E-state index contributed by atoms with van der Waals surface area (Å²) in [5, 5.41) is 3.48. The molecule has 0 saturated heterocycles. The summed E-state index contributed by atoms with van der Waals surface area (Å²) in [5.41, 5.74) is 0.00504. The fourth-order valence-electron chi connectivity index (χ4n) is 1.29. The molecule has 92 valence electrons. The third-order valence-corrected chi connectivity index (χ3v) is 2.19. The summed E-state index contributed by atoms with van der Waals surface area (Å²) < 4.78 is 5.70. The van der Waals surface area contributed by atoms with E-state index in [1.165, 1.54) is 0 Å². The Labute approximate surface area is 95.8 Å². The smallest absolute Gasteiger partial charge is 0.0598 e. The molecule has 0 aliphatic carbocycles. The van der Waals surface area contributed by atoms with Gasteiger partial charge in [0.1, 0.15) is 0 Å². The first-order valence-electron chi connectivity index (χ1n) is 6.16. The quantitative estimate of drug-likeness (QED) is 0.704. The SMILES string of the molecule is CC(C)CNCC(C)CCOC(C)(C)C. The lowest BCUT2D eigenvalue weighted by Crippen LogP contribution is -2.27. The van der Waals surface area contributed by atoms with Crippen molar-refractivity contribution in [3.63, 3.8) is 0 Å². The minimum atomic E-state index is 0.00504. The van der Waals surface area contributed by atoms with Crippen LogP contribution in [-0.4, -0.2) is 25.3 Å². The van der Waals surface area contributed by atoms with E-state index >= 15 is 0 Å². The molecule has 0 saturated carbocycles. The van der Waals surface area contributed by atoms with Crippen LogP contribution in [0.5, 0.6) is 0 Å². The van der Waals surface area contributed by atoms with Crippen LogP contribution in [-0.2, 0) is 4.74 Å². The topological polar surface area (TPSA) is 21.3 Å². The largest absolute Gasteiger partial charge is 0.376 e. The van der Waals surface area contributed by atoms with Crippen molar-refractivity contribution in [2.45, 2.75) is 53.6 Å². The van der Waals surface area contributed by atoms with Crippen molar-refractivity contribution in [1.29, 1.82) is 0 Å². The molecule has 0 aliphatic rings. The fraction of sp³-hybridized carbons (Fsp3) is 1.00. The maximum atomic E-state index is 5.70. The highest BCUT2D eigenvalue weighted by atomic mass is 16.5. The van der Waals surface area contributed by atoms with Crippen LogP contribution in [0.4, 0.5) is 0 Å². The van der Waals surface area contributed by atoms with Crippen LogP contribution in [0.1, 0.15) is 48.0 Å². The fourth-order valence-corrected chi connectivity index (χ4v) is 1.29. The average molecular weight is 215 g/mol. The molecule has 0 aliphatic heterocycles. The Morgan fingerprint density at radius 2 is 1.67 bits per heavy atom. The zero-order valence-corrected chi connectivity index (χ0v) is 11.4. The van der Waals surface area contributed by atoms with Crippen molar-refractivity contribution in [1.82, 2.24) is 5.32 Å². The molecule has 1 unspecified atom stereocenters. The normalized spacial score (nSPS) is 14.6. The van der Waals surface area contributed by atoms with Gasteiger partial charge in [-0.2, -0.15) is 0 Å². The van der Waals surface area contributed by atoms with Gasteiger partial charge in [0.05, 0.1) is 5.60 Å². The zero-order chi connectivity index (χ0) is 11.9. The molecule has 0 radical (unpaired) electrons. The van der Waals surface area contributed by atoms with Crippen LogP contribution in [0, 0.1) is 11.8 Å². The molecule has 2 heteroatoms. The van der Waals surface area contributed by atoms with E-state index in [9.17, 15) is 0 Å². The van der Waals surface area contributed by atoms with Gasteiger partial charge in [-0.05, 0) is 52.1 Å². The van der Waals surface area contributed by atoms with Crippen molar-refractivity contribution in [2.75, 3.05) is 19.7 Å². The molecule has 1 atom stereocenters. The van der Waals surface area contributed by atoms with Crippen LogP contribution >= 0.6 is 0 Å². The van der Waals surface area contributed by atoms with Crippen LogP contribution in [0.2, 0.25) is 0 Å². The minimum absolute atomic E-state index is 0.00504. The van der Waals surface area contributed by atoms with E-state index in [-0.39, 0.29) is 5.60 Å². The molecule has 15 heavy (non-hydrogen) atoms. The molecule has 0 fully saturated rings. The summed E-state index contributed by atoms with van der Waals surface area (Å²) in [6.07, 6.45) is 1.14. The minimum Gasteiger partial charge on any atom is -0.376 e. The number of hydrogen-bond donors (Lipinski definition) is 1. The predicted molar refractivity (Wildman–Crippen MR) is 67.2 cm³/mol. The number of hydrogen-bond acceptors (Lipinski definition) is 2. The first-order valence-corrected chi connectivity index (χ1v) is 6.16. The lowest BCUT2D eigenvalue weighted by Gasteiger charge is -2.21. The van der Waals surface area contributed by atoms with Crippen molar-refractivity contribution < 1.29 is 4.74 Å². The van der Waals surface area contributed by atoms with Crippen molar-refractivity contribution in [3.8, 4) is 0 Å². The van der Waals surface area contributed by atoms with E-state index in [2.05, 4.69) is 46.9 Å². The van der Waals surface area contributed by atoms with E-state index in [0.29, 0.717) is 5.92 Å². The van der Waals surface area contributed by atoms with Gasteiger partial charge in [-0.1, -0.05) is 20.8 Å². The van der Waals surface area contributed by atoms with Crippen molar-refractivity contribution in [2.24, 2.45) is 11.8 Å². The molecule has 0 aromatic carbocycles. The van der Waals surface area contributed by atoms with Crippen LogP contribution in [0.25, 0.3) is 0 Å². The molecule has 0 aromatic rings. The van der Waals surface area contributed by atoms with Gasteiger partial charge in [0.15, 0.2) is 0 Å². The molecular weight excluding hydrogens is 186 g/mol. The third-order valence-electron chi connectivity index (χ3n) is 2.19. The second-order valence-corrected chi connectivity index (χ2v) is 5.91. The summed E-state index contributed by atoms with van der Waals surface area (Å²) in [6, 6.07) is 0. The van der Waals surface area contributed by atoms with Gasteiger partial charge in [0.25, 0.3) is 0 Å². The average Bonchev–Trinajstić information content (AvgIpc) is 2.00. The van der Waals surface area contributed by atoms with Crippen molar-refractivity contribution in [3.05, 3.63) is 0 Å². The van der Waals surface area contributed by atoms with Crippen LogP contribution < -0.4 is 5.32 Å². The second kappa shape index (κ2) is 7.24. The van der Waals surface area contributed by atoms with Gasteiger partial charge in [-0.3, -0.25) is 0 Å². The van der Waals surface area contributed by atoms with Crippen LogP contribution in [0.15, 0.2) is 0 Å². The summed E-state index contributed by atoms with van der Waals surface area (Å²) >= 11 is 0. The third kappa shape index (κ3) is 11.8.